The second-order valence-corrected chi connectivity index (χ2v) is 6.44. The fourth-order valence-corrected chi connectivity index (χ4v) is 3.29. The number of carbonyl (C=O) groups is 1. The number of hydrogen-bond acceptors (Lipinski definition) is 5. The maximum absolute atomic E-state index is 12.2. The number of amides is 1. The Labute approximate surface area is 136 Å². The first-order chi connectivity index (χ1) is 10.6. The van der Waals surface area contributed by atoms with Gasteiger partial charge in [0, 0.05) is 16.0 Å². The Balaban J connectivity index is 1.63. The number of halogens is 1. The summed E-state index contributed by atoms with van der Waals surface area (Å²) in [5, 5.41) is 17.8. The Morgan fingerprint density at radius 1 is 1.45 bits per heavy atom. The molecule has 0 radical (unpaired) electrons. The molecule has 1 fully saturated rings. The standard InChI is InChI=1S/C15H17BrN4O2/c16-10-5-6-13(21)9(7-10)8-17-20-15(22)14-11-3-1-2-4-12(11)18-19-14/h5-8,11-12,18,21H,1-4H2,(H,20,22)/b17-8+. The van der Waals surface area contributed by atoms with E-state index in [0.29, 0.717) is 11.3 Å². The summed E-state index contributed by atoms with van der Waals surface area (Å²) >= 11 is 3.32. The number of nitrogens with zero attached hydrogens (tertiary/aromatic N) is 2. The van der Waals surface area contributed by atoms with Crippen molar-refractivity contribution in [2.45, 2.75) is 31.7 Å². The summed E-state index contributed by atoms with van der Waals surface area (Å²) in [4.78, 5) is 12.2. The highest BCUT2D eigenvalue weighted by Gasteiger charge is 2.36. The van der Waals surface area contributed by atoms with Crippen LogP contribution in [-0.4, -0.2) is 29.0 Å². The molecule has 116 valence electrons. The number of benzene rings is 1. The van der Waals surface area contributed by atoms with Gasteiger partial charge in [0.05, 0.1) is 12.3 Å². The summed E-state index contributed by atoms with van der Waals surface area (Å²) in [6.45, 7) is 0. The summed E-state index contributed by atoms with van der Waals surface area (Å²) in [6.07, 6.45) is 5.77. The van der Waals surface area contributed by atoms with E-state index in [4.69, 9.17) is 0 Å². The van der Waals surface area contributed by atoms with Crippen LogP contribution in [0.4, 0.5) is 0 Å². The molecule has 2 aliphatic rings. The number of carbonyl (C=O) groups excluding carboxylic acids is 1. The van der Waals surface area contributed by atoms with E-state index in [1.165, 1.54) is 12.6 Å². The quantitative estimate of drug-likeness (QED) is 0.567. The monoisotopic (exact) mass is 364 g/mol. The Morgan fingerprint density at radius 2 is 2.27 bits per heavy atom. The van der Waals surface area contributed by atoms with Crippen LogP contribution in [0.5, 0.6) is 5.75 Å². The average Bonchev–Trinajstić information content (AvgIpc) is 2.94. The highest BCUT2D eigenvalue weighted by Crippen LogP contribution is 2.29. The van der Waals surface area contributed by atoms with Gasteiger partial charge in [-0.05, 0) is 31.0 Å². The molecule has 7 heteroatoms. The van der Waals surface area contributed by atoms with E-state index >= 15 is 0 Å². The second-order valence-electron chi connectivity index (χ2n) is 5.53. The van der Waals surface area contributed by atoms with Crippen molar-refractivity contribution in [3.63, 3.8) is 0 Å². The second kappa shape index (κ2) is 6.48. The molecule has 1 aromatic carbocycles. The molecule has 1 saturated carbocycles. The first-order valence-corrected chi connectivity index (χ1v) is 8.09. The highest BCUT2D eigenvalue weighted by molar-refractivity contribution is 9.10. The molecule has 2 atom stereocenters. The Kier molecular flexibility index (Phi) is 4.42. The first kappa shape index (κ1) is 15.0. The number of phenols is 1. The van der Waals surface area contributed by atoms with E-state index in [0.717, 1.165) is 23.7 Å². The molecule has 1 heterocycles. The fraction of sp³-hybridized carbons (Fsp3) is 0.400. The van der Waals surface area contributed by atoms with E-state index in [9.17, 15) is 9.90 Å². The van der Waals surface area contributed by atoms with Gasteiger partial charge in [-0.1, -0.05) is 28.8 Å². The van der Waals surface area contributed by atoms with Crippen LogP contribution in [0, 0.1) is 5.92 Å². The van der Waals surface area contributed by atoms with Gasteiger partial charge in [0.15, 0.2) is 0 Å². The van der Waals surface area contributed by atoms with Gasteiger partial charge in [-0.2, -0.15) is 10.2 Å². The molecular formula is C15H17BrN4O2. The number of aromatic hydroxyl groups is 1. The smallest absolute Gasteiger partial charge is 0.287 e. The summed E-state index contributed by atoms with van der Waals surface area (Å²) < 4.78 is 0.826. The lowest BCUT2D eigenvalue weighted by Crippen LogP contribution is -2.37. The zero-order valence-corrected chi connectivity index (χ0v) is 13.5. The van der Waals surface area contributed by atoms with Crippen LogP contribution in [0.15, 0.2) is 32.9 Å². The number of nitrogens with one attached hydrogen (secondary N) is 2. The third kappa shape index (κ3) is 3.14. The van der Waals surface area contributed by atoms with Crippen molar-refractivity contribution in [3.05, 3.63) is 28.2 Å². The van der Waals surface area contributed by atoms with Crippen molar-refractivity contribution in [1.82, 2.24) is 10.9 Å². The van der Waals surface area contributed by atoms with Gasteiger partial charge in [0.25, 0.3) is 5.91 Å². The molecule has 2 unspecified atom stereocenters. The van der Waals surface area contributed by atoms with Crippen molar-refractivity contribution in [2.75, 3.05) is 0 Å². The van der Waals surface area contributed by atoms with Gasteiger partial charge in [-0.15, -0.1) is 0 Å². The number of phenolic OH excluding ortho intramolecular Hbond substituents is 1. The zero-order chi connectivity index (χ0) is 15.5. The number of fused-ring (bicyclic) bond motifs is 1. The van der Waals surface area contributed by atoms with Crippen LogP contribution in [0.1, 0.15) is 31.2 Å². The summed E-state index contributed by atoms with van der Waals surface area (Å²) in [5.41, 5.74) is 6.58. The molecule has 6 nitrogen and oxygen atoms in total. The third-order valence-electron chi connectivity index (χ3n) is 4.06. The summed E-state index contributed by atoms with van der Waals surface area (Å²) in [6, 6.07) is 5.29. The van der Waals surface area contributed by atoms with Crippen LogP contribution in [0.3, 0.4) is 0 Å². The number of rotatable bonds is 3. The number of hydrogen-bond donors (Lipinski definition) is 3. The molecule has 1 aliphatic heterocycles. The van der Waals surface area contributed by atoms with E-state index in [1.54, 1.807) is 18.2 Å². The molecule has 1 aliphatic carbocycles. The zero-order valence-electron chi connectivity index (χ0n) is 11.9. The molecule has 3 N–H and O–H groups in total. The maximum Gasteiger partial charge on any atom is 0.287 e. The van der Waals surface area contributed by atoms with Crippen molar-refractivity contribution >= 4 is 33.8 Å². The Bertz CT molecular complexity index is 644. The molecule has 0 aromatic heterocycles. The van der Waals surface area contributed by atoms with Crippen LogP contribution >= 0.6 is 15.9 Å². The summed E-state index contributed by atoms with van der Waals surface area (Å²) in [7, 11) is 0. The van der Waals surface area contributed by atoms with Gasteiger partial charge < -0.3 is 10.5 Å². The van der Waals surface area contributed by atoms with Gasteiger partial charge in [-0.25, -0.2) is 5.43 Å². The van der Waals surface area contributed by atoms with Crippen molar-refractivity contribution < 1.29 is 9.90 Å². The molecule has 3 rings (SSSR count). The lowest BCUT2D eigenvalue weighted by Gasteiger charge is -2.24. The van der Waals surface area contributed by atoms with Gasteiger partial charge in [0.2, 0.25) is 0 Å². The SMILES string of the molecule is O=C(N/N=C/c1cc(Br)ccc1O)C1=NNC2CCCCC12. The highest BCUT2D eigenvalue weighted by atomic mass is 79.9. The predicted octanol–water partition coefficient (Wildman–Crippen LogP) is 2.12. The van der Waals surface area contributed by atoms with Gasteiger partial charge >= 0.3 is 0 Å². The van der Waals surface area contributed by atoms with Crippen molar-refractivity contribution in [1.29, 1.82) is 0 Å². The first-order valence-electron chi connectivity index (χ1n) is 7.30. The molecular weight excluding hydrogens is 348 g/mol. The van der Waals surface area contributed by atoms with E-state index in [-0.39, 0.29) is 23.6 Å². The molecule has 0 bridgehead atoms. The van der Waals surface area contributed by atoms with Crippen LogP contribution in [0.25, 0.3) is 0 Å². The minimum atomic E-state index is -0.285. The van der Waals surface area contributed by atoms with Crippen LogP contribution in [0.2, 0.25) is 0 Å². The molecule has 0 saturated heterocycles. The Morgan fingerprint density at radius 3 is 3.14 bits per heavy atom. The average molecular weight is 365 g/mol. The lowest BCUT2D eigenvalue weighted by atomic mass is 9.82. The minimum absolute atomic E-state index is 0.105. The predicted molar refractivity (Wildman–Crippen MR) is 87.9 cm³/mol. The fourth-order valence-electron chi connectivity index (χ4n) is 2.91. The number of hydrazone groups is 2. The normalized spacial score (nSPS) is 23.8. The van der Waals surface area contributed by atoms with E-state index in [2.05, 4.69) is 37.0 Å². The Hall–Kier alpha value is -1.89. The topological polar surface area (TPSA) is 86.1 Å². The van der Waals surface area contributed by atoms with E-state index in [1.807, 2.05) is 0 Å². The van der Waals surface area contributed by atoms with Crippen LogP contribution in [-0.2, 0) is 4.79 Å². The van der Waals surface area contributed by atoms with Crippen LogP contribution < -0.4 is 10.9 Å². The summed E-state index contributed by atoms with van der Waals surface area (Å²) in [5.74, 6) is 0.00396. The van der Waals surface area contributed by atoms with Gasteiger partial charge in [-0.3, -0.25) is 4.79 Å². The molecule has 1 amide bonds. The lowest BCUT2D eigenvalue weighted by molar-refractivity contribution is -0.115. The van der Waals surface area contributed by atoms with Gasteiger partial charge in [0.1, 0.15) is 11.5 Å². The maximum atomic E-state index is 12.2. The molecule has 22 heavy (non-hydrogen) atoms. The largest absolute Gasteiger partial charge is 0.507 e. The molecule has 0 spiro atoms. The van der Waals surface area contributed by atoms with Crippen molar-refractivity contribution in [2.24, 2.45) is 16.1 Å². The van der Waals surface area contributed by atoms with Crippen molar-refractivity contribution in [3.8, 4) is 5.75 Å². The third-order valence-corrected chi connectivity index (χ3v) is 4.55. The van der Waals surface area contributed by atoms with E-state index < -0.39 is 0 Å². The molecule has 1 aromatic rings. The minimum Gasteiger partial charge on any atom is -0.507 e.